The van der Waals surface area contributed by atoms with E-state index in [0.29, 0.717) is 25.3 Å². The molecular formula is C35H44BrN3O4. The highest BCUT2D eigenvalue weighted by Crippen LogP contribution is 2.37. The van der Waals surface area contributed by atoms with Gasteiger partial charge in [0.05, 0.1) is 24.4 Å². The molecule has 0 radical (unpaired) electrons. The van der Waals surface area contributed by atoms with Gasteiger partial charge in [0.2, 0.25) is 0 Å². The number of ether oxygens (including phenoxy) is 2. The summed E-state index contributed by atoms with van der Waals surface area (Å²) < 4.78 is 13.4. The molecule has 0 spiro atoms. The van der Waals surface area contributed by atoms with Crippen molar-refractivity contribution in [2.24, 2.45) is 0 Å². The number of aliphatic hydroxyl groups is 1. The molecule has 3 aromatic rings. The Labute approximate surface area is 263 Å². The van der Waals surface area contributed by atoms with E-state index in [4.69, 9.17) is 9.47 Å². The number of halogens is 1. The minimum atomic E-state index is -0.817. The predicted octanol–water partition coefficient (Wildman–Crippen LogP) is 6.34. The lowest BCUT2D eigenvalue weighted by molar-refractivity contribution is -0.129. The maximum atomic E-state index is 13.5. The van der Waals surface area contributed by atoms with E-state index in [2.05, 4.69) is 63.9 Å². The summed E-state index contributed by atoms with van der Waals surface area (Å²) in [4.78, 5) is 13.5. The monoisotopic (exact) mass is 649 g/mol. The van der Waals surface area contributed by atoms with Crippen molar-refractivity contribution in [1.82, 2.24) is 10.6 Å². The second kappa shape index (κ2) is 15.1. The number of nitrogens with one attached hydrogen (secondary N) is 3. The van der Waals surface area contributed by atoms with Gasteiger partial charge in [-0.1, -0.05) is 85.1 Å². The first-order chi connectivity index (χ1) is 20.9. The summed E-state index contributed by atoms with van der Waals surface area (Å²) in [5.74, 6) is 1.32. The molecule has 0 saturated carbocycles. The fourth-order valence-corrected chi connectivity index (χ4v) is 6.29. The van der Waals surface area contributed by atoms with Crippen molar-refractivity contribution in [3.8, 4) is 11.5 Å². The second-order valence-electron chi connectivity index (χ2n) is 11.7. The van der Waals surface area contributed by atoms with Gasteiger partial charge in [-0.3, -0.25) is 4.79 Å². The van der Waals surface area contributed by atoms with Crippen molar-refractivity contribution >= 4 is 27.5 Å². The number of anilines is 1. The average molecular weight is 651 g/mol. The molecule has 4 N–H and O–H groups in total. The first-order valence-corrected chi connectivity index (χ1v) is 16.5. The normalized spacial score (nSPS) is 20.4. The van der Waals surface area contributed by atoms with Crippen molar-refractivity contribution < 1.29 is 19.4 Å². The molecule has 1 amide bonds. The number of aryl methyl sites for hydroxylation is 1. The van der Waals surface area contributed by atoms with Crippen LogP contribution in [-0.4, -0.2) is 48.5 Å². The molecule has 2 aliphatic heterocycles. The first kappa shape index (κ1) is 31.4. The van der Waals surface area contributed by atoms with Crippen LogP contribution in [0.5, 0.6) is 11.5 Å². The Morgan fingerprint density at radius 2 is 1.84 bits per heavy atom. The van der Waals surface area contributed by atoms with Gasteiger partial charge in [0.25, 0.3) is 5.91 Å². The summed E-state index contributed by atoms with van der Waals surface area (Å²) in [7, 11) is 0. The number of fused-ring (bicyclic) bond motifs is 2. The molecule has 2 aliphatic rings. The van der Waals surface area contributed by atoms with Crippen LogP contribution in [0.1, 0.15) is 68.7 Å². The molecule has 5 atom stereocenters. The quantitative estimate of drug-likeness (QED) is 0.162. The zero-order valence-electron chi connectivity index (χ0n) is 25.2. The van der Waals surface area contributed by atoms with E-state index in [9.17, 15) is 9.90 Å². The van der Waals surface area contributed by atoms with Gasteiger partial charge in [-0.15, -0.1) is 0 Å². The van der Waals surface area contributed by atoms with Crippen molar-refractivity contribution in [2.45, 2.75) is 89.2 Å². The Kier molecular flexibility index (Phi) is 11.0. The van der Waals surface area contributed by atoms with Gasteiger partial charge < -0.3 is 30.5 Å². The third-order valence-corrected chi connectivity index (χ3v) is 8.92. The van der Waals surface area contributed by atoms with Gasteiger partial charge in [-0.25, -0.2) is 0 Å². The number of benzene rings is 3. The minimum Gasteiger partial charge on any atom is -0.490 e. The number of hydrogen-bond donors (Lipinski definition) is 4. The number of amides is 1. The fraction of sp³-hybridized carbons (Fsp3) is 0.457. The van der Waals surface area contributed by atoms with E-state index in [1.54, 1.807) is 0 Å². The molecule has 3 aromatic carbocycles. The van der Waals surface area contributed by atoms with Crippen LogP contribution in [0.4, 0.5) is 5.69 Å². The third-order valence-electron chi connectivity index (χ3n) is 8.42. The Morgan fingerprint density at radius 3 is 2.63 bits per heavy atom. The topological polar surface area (TPSA) is 91.9 Å². The molecule has 5 rings (SSSR count). The van der Waals surface area contributed by atoms with E-state index in [-0.39, 0.29) is 18.1 Å². The van der Waals surface area contributed by atoms with Gasteiger partial charge >= 0.3 is 0 Å². The van der Waals surface area contributed by atoms with Crippen molar-refractivity contribution in [3.05, 3.63) is 87.9 Å². The maximum absolute atomic E-state index is 13.5. The number of unbranched alkanes of at least 4 members (excludes halogenated alkanes) is 2. The van der Waals surface area contributed by atoms with Crippen LogP contribution in [0.3, 0.4) is 0 Å². The number of carbonyl (C=O) groups excluding carboxylic acids is 1. The molecule has 0 saturated heterocycles. The molecular weight excluding hydrogens is 606 g/mol. The highest BCUT2D eigenvalue weighted by Gasteiger charge is 2.32. The fourth-order valence-electron chi connectivity index (χ4n) is 5.93. The van der Waals surface area contributed by atoms with Crippen LogP contribution in [0.15, 0.2) is 71.2 Å². The molecule has 0 bridgehead atoms. The summed E-state index contributed by atoms with van der Waals surface area (Å²) in [5, 5.41) is 21.6. The summed E-state index contributed by atoms with van der Waals surface area (Å²) in [6, 6.07) is 21.7. The SMILES string of the molecule is CCCCCC1CC(NCC(O)C(Cc2ccccc2)NC(=O)C2CNc3cc(Br)ccc3O2)c2cc(CC)ccc2O1. The lowest BCUT2D eigenvalue weighted by Gasteiger charge is -2.35. The highest BCUT2D eigenvalue weighted by molar-refractivity contribution is 9.10. The Morgan fingerprint density at radius 1 is 1.02 bits per heavy atom. The molecule has 0 fully saturated rings. The number of aliphatic hydroxyl groups excluding tert-OH is 1. The summed E-state index contributed by atoms with van der Waals surface area (Å²) in [6.07, 6.45) is 5.46. The second-order valence-corrected chi connectivity index (χ2v) is 12.6. The zero-order valence-corrected chi connectivity index (χ0v) is 26.7. The van der Waals surface area contributed by atoms with E-state index >= 15 is 0 Å². The highest BCUT2D eigenvalue weighted by atomic mass is 79.9. The Hall–Kier alpha value is -3.07. The van der Waals surface area contributed by atoms with Crippen LogP contribution in [-0.2, 0) is 17.6 Å². The summed E-state index contributed by atoms with van der Waals surface area (Å²) >= 11 is 3.48. The van der Waals surface area contributed by atoms with Crippen LogP contribution in [0.25, 0.3) is 0 Å². The first-order valence-electron chi connectivity index (χ1n) is 15.7. The molecule has 230 valence electrons. The number of hydrogen-bond acceptors (Lipinski definition) is 6. The molecule has 5 unspecified atom stereocenters. The van der Waals surface area contributed by atoms with E-state index in [0.717, 1.165) is 52.7 Å². The van der Waals surface area contributed by atoms with E-state index in [1.807, 2.05) is 48.5 Å². The lowest BCUT2D eigenvalue weighted by atomic mass is 9.91. The van der Waals surface area contributed by atoms with E-state index in [1.165, 1.54) is 18.4 Å². The van der Waals surface area contributed by atoms with Crippen LogP contribution < -0.4 is 25.4 Å². The summed E-state index contributed by atoms with van der Waals surface area (Å²) in [6.45, 7) is 5.06. The van der Waals surface area contributed by atoms with Crippen molar-refractivity contribution in [2.75, 3.05) is 18.4 Å². The van der Waals surface area contributed by atoms with Gasteiger partial charge in [-0.05, 0) is 61.1 Å². The molecule has 43 heavy (non-hydrogen) atoms. The number of rotatable bonds is 13. The standard InChI is InChI=1S/C35H44BrN3O4/c1-3-5-7-12-26-20-28(27-17-23(4-2)13-15-32(27)42-26)37-21-31(40)29(18-24-10-8-6-9-11-24)39-35(41)34-22-38-30-19-25(36)14-16-33(30)43-34/h6,8-11,13-17,19,26,28-29,31,34,37-38,40H,3-5,7,12,18,20-22H2,1-2H3,(H,39,41). The van der Waals surface area contributed by atoms with Crippen molar-refractivity contribution in [1.29, 1.82) is 0 Å². The maximum Gasteiger partial charge on any atom is 0.263 e. The molecule has 8 heteroatoms. The third kappa shape index (κ3) is 8.31. The minimum absolute atomic E-state index is 0.0614. The Balaban J connectivity index is 1.28. The largest absolute Gasteiger partial charge is 0.490 e. The molecule has 2 heterocycles. The van der Waals surface area contributed by atoms with Crippen LogP contribution >= 0.6 is 15.9 Å². The molecule has 0 aromatic heterocycles. The number of carbonyl (C=O) groups is 1. The molecule has 7 nitrogen and oxygen atoms in total. The van der Waals surface area contributed by atoms with Gasteiger partial charge in [0.1, 0.15) is 17.6 Å². The van der Waals surface area contributed by atoms with Gasteiger partial charge in [0, 0.05) is 29.0 Å². The average Bonchev–Trinajstić information content (AvgIpc) is 3.03. The zero-order chi connectivity index (χ0) is 30.2. The Bertz CT molecular complexity index is 1350. The summed E-state index contributed by atoms with van der Waals surface area (Å²) in [5.41, 5.74) is 4.31. The smallest absolute Gasteiger partial charge is 0.263 e. The van der Waals surface area contributed by atoms with Gasteiger partial charge in [0.15, 0.2) is 6.10 Å². The van der Waals surface area contributed by atoms with Crippen LogP contribution in [0.2, 0.25) is 0 Å². The molecule has 0 aliphatic carbocycles. The van der Waals surface area contributed by atoms with Gasteiger partial charge in [-0.2, -0.15) is 0 Å². The predicted molar refractivity (Wildman–Crippen MR) is 175 cm³/mol. The van der Waals surface area contributed by atoms with Crippen molar-refractivity contribution in [3.63, 3.8) is 0 Å². The lowest BCUT2D eigenvalue weighted by Crippen LogP contribution is -2.54. The van der Waals surface area contributed by atoms with Crippen LogP contribution in [0, 0.1) is 0 Å². The van der Waals surface area contributed by atoms with E-state index < -0.39 is 18.2 Å².